The summed E-state index contributed by atoms with van der Waals surface area (Å²) in [6, 6.07) is 7.66. The molecule has 0 amide bonds. The summed E-state index contributed by atoms with van der Waals surface area (Å²) in [5.74, 6) is 2.67. The number of fused-ring (bicyclic) bond motifs is 1. The Bertz CT molecular complexity index is 1190. The zero-order valence-corrected chi connectivity index (χ0v) is 20.0. The van der Waals surface area contributed by atoms with Crippen molar-refractivity contribution < 1.29 is 9.53 Å². The molecule has 0 bridgehead atoms. The lowest BCUT2D eigenvalue weighted by molar-refractivity contribution is -0.138. The lowest BCUT2D eigenvalue weighted by Gasteiger charge is -2.29. The Morgan fingerprint density at radius 1 is 1.23 bits per heavy atom. The van der Waals surface area contributed by atoms with Crippen molar-refractivity contribution in [2.75, 3.05) is 0 Å². The third kappa shape index (κ3) is 4.39. The number of rotatable bonds is 5. The minimum Gasteiger partial charge on any atom is -0.360 e. The van der Waals surface area contributed by atoms with Gasteiger partial charge < -0.3 is 9.30 Å². The molecule has 0 aliphatic carbocycles. The van der Waals surface area contributed by atoms with Crippen molar-refractivity contribution in [2.45, 2.75) is 66.7 Å². The average Bonchev–Trinajstić information content (AvgIpc) is 2.90. The number of hydrogen-bond acceptors (Lipinski definition) is 3. The van der Waals surface area contributed by atoms with Crippen molar-refractivity contribution in [3.8, 4) is 23.5 Å². The van der Waals surface area contributed by atoms with E-state index in [-0.39, 0.29) is 5.78 Å². The number of aromatic nitrogens is 2. The summed E-state index contributed by atoms with van der Waals surface area (Å²) >= 11 is 6.17. The molecular weight excluding hydrogens is 408 g/mol. The van der Waals surface area contributed by atoms with Crippen LogP contribution in [0.4, 0.5) is 0 Å². The highest BCUT2D eigenvalue weighted by atomic mass is 35.5. The molecule has 0 N–H and O–H groups in total. The summed E-state index contributed by atoms with van der Waals surface area (Å²) < 4.78 is 8.32. The van der Waals surface area contributed by atoms with Crippen LogP contribution in [0.5, 0.6) is 0 Å². The maximum atomic E-state index is 12.8. The van der Waals surface area contributed by atoms with E-state index in [0.29, 0.717) is 11.6 Å². The molecule has 31 heavy (non-hydrogen) atoms. The summed E-state index contributed by atoms with van der Waals surface area (Å²) in [5, 5.41) is 1.64. The molecule has 4 nitrogen and oxygen atoms in total. The lowest BCUT2D eigenvalue weighted by atomic mass is 9.90. The molecule has 2 heterocycles. The van der Waals surface area contributed by atoms with Gasteiger partial charge in [0.1, 0.15) is 11.8 Å². The molecular formula is C26H29ClN2O2. The topological polar surface area (TPSA) is 44.1 Å². The third-order valence-electron chi connectivity index (χ3n) is 5.47. The van der Waals surface area contributed by atoms with E-state index >= 15 is 0 Å². The zero-order chi connectivity index (χ0) is 23.1. The maximum Gasteiger partial charge on any atom is 0.163 e. The van der Waals surface area contributed by atoms with Gasteiger partial charge in [-0.1, -0.05) is 29.7 Å². The molecule has 0 aliphatic rings. The van der Waals surface area contributed by atoms with Gasteiger partial charge in [0, 0.05) is 32.9 Å². The van der Waals surface area contributed by atoms with Crippen LogP contribution >= 0.6 is 11.6 Å². The van der Waals surface area contributed by atoms with Crippen LogP contribution in [0.25, 0.3) is 22.2 Å². The highest BCUT2D eigenvalue weighted by molar-refractivity contribution is 6.30. The molecule has 5 heteroatoms. The Morgan fingerprint density at radius 2 is 1.84 bits per heavy atom. The van der Waals surface area contributed by atoms with Crippen LogP contribution in [-0.4, -0.2) is 20.9 Å². The molecule has 0 aliphatic heterocycles. The van der Waals surface area contributed by atoms with Crippen molar-refractivity contribution in [1.29, 1.82) is 0 Å². The molecule has 0 fully saturated rings. The first-order valence-corrected chi connectivity index (χ1v) is 10.7. The van der Waals surface area contributed by atoms with E-state index in [1.165, 1.54) is 0 Å². The molecule has 1 atom stereocenters. The number of halogens is 1. The van der Waals surface area contributed by atoms with Crippen LogP contribution in [0.3, 0.4) is 0 Å². The predicted octanol–water partition coefficient (Wildman–Crippen LogP) is 6.36. The Morgan fingerprint density at radius 3 is 2.35 bits per heavy atom. The number of aryl methyl sites for hydroxylation is 2. The molecule has 3 rings (SSSR count). The standard InChI is InChI=1S/C26H29ClN2O2/c1-9-14-29-17(4)15(2)21-23(19-10-12-20(27)13-11-19)22(16(3)28-25(21)29)24(18(5)30)31-26(6,7)8/h1,10-13,24H,14H2,2-8H3. The van der Waals surface area contributed by atoms with Crippen molar-refractivity contribution in [2.24, 2.45) is 0 Å². The van der Waals surface area contributed by atoms with Gasteiger partial charge in [0.2, 0.25) is 0 Å². The molecule has 1 unspecified atom stereocenters. The Labute approximate surface area is 189 Å². The van der Waals surface area contributed by atoms with E-state index in [0.717, 1.165) is 44.7 Å². The van der Waals surface area contributed by atoms with Gasteiger partial charge >= 0.3 is 0 Å². The number of ketones is 1. The first-order valence-electron chi connectivity index (χ1n) is 10.3. The molecule has 0 radical (unpaired) electrons. The quantitative estimate of drug-likeness (QED) is 0.437. The number of nitrogens with zero attached hydrogens (tertiary/aromatic N) is 2. The van der Waals surface area contributed by atoms with Gasteiger partial charge in [-0.05, 0) is 71.7 Å². The fourth-order valence-electron chi connectivity index (χ4n) is 4.02. The molecule has 0 saturated heterocycles. The lowest BCUT2D eigenvalue weighted by Crippen LogP contribution is -2.27. The summed E-state index contributed by atoms with van der Waals surface area (Å²) in [6.45, 7) is 13.9. The second kappa shape index (κ2) is 8.49. The average molecular weight is 437 g/mol. The Balaban J connectivity index is 2.50. The summed E-state index contributed by atoms with van der Waals surface area (Å²) in [7, 11) is 0. The summed E-state index contributed by atoms with van der Waals surface area (Å²) in [5.41, 5.74) is 5.90. The number of pyridine rings is 1. The van der Waals surface area contributed by atoms with Crippen LogP contribution in [0.2, 0.25) is 5.02 Å². The monoisotopic (exact) mass is 436 g/mol. The van der Waals surface area contributed by atoms with E-state index < -0.39 is 11.7 Å². The number of carbonyl (C=O) groups excluding carboxylic acids is 1. The minimum absolute atomic E-state index is 0.0631. The second-order valence-electron chi connectivity index (χ2n) is 8.91. The number of Topliss-reactive ketones (excluding diaryl/α,β-unsaturated/α-hetero) is 1. The van der Waals surface area contributed by atoms with E-state index in [4.69, 9.17) is 27.7 Å². The molecule has 0 spiro atoms. The summed E-state index contributed by atoms with van der Waals surface area (Å²) in [6.07, 6.45) is 4.91. The normalized spacial score (nSPS) is 12.7. The van der Waals surface area contributed by atoms with Gasteiger partial charge in [0.05, 0.1) is 12.1 Å². The van der Waals surface area contributed by atoms with Crippen molar-refractivity contribution in [1.82, 2.24) is 9.55 Å². The predicted molar refractivity (Wildman–Crippen MR) is 127 cm³/mol. The molecule has 0 saturated carbocycles. The van der Waals surface area contributed by atoms with Gasteiger partial charge in [-0.3, -0.25) is 4.79 Å². The maximum absolute atomic E-state index is 12.8. The number of ether oxygens (including phenoxy) is 1. The highest BCUT2D eigenvalue weighted by Gasteiger charge is 2.31. The minimum atomic E-state index is -0.738. The third-order valence-corrected chi connectivity index (χ3v) is 5.72. The second-order valence-corrected chi connectivity index (χ2v) is 9.35. The number of benzene rings is 1. The largest absolute Gasteiger partial charge is 0.360 e. The Hall–Kier alpha value is -2.61. The zero-order valence-electron chi connectivity index (χ0n) is 19.3. The van der Waals surface area contributed by atoms with Crippen LogP contribution in [-0.2, 0) is 16.1 Å². The van der Waals surface area contributed by atoms with E-state index in [9.17, 15) is 4.79 Å². The van der Waals surface area contributed by atoms with Crippen molar-refractivity contribution in [3.05, 3.63) is 51.8 Å². The van der Waals surface area contributed by atoms with Crippen LogP contribution in [0, 0.1) is 33.1 Å². The van der Waals surface area contributed by atoms with Crippen LogP contribution in [0.15, 0.2) is 24.3 Å². The van der Waals surface area contributed by atoms with E-state index in [1.807, 2.05) is 63.5 Å². The van der Waals surface area contributed by atoms with Crippen LogP contribution < -0.4 is 0 Å². The smallest absolute Gasteiger partial charge is 0.163 e. The fourth-order valence-corrected chi connectivity index (χ4v) is 4.14. The SMILES string of the molecule is C#CCn1c(C)c(C)c2c(-c3ccc(Cl)cc3)c(C(OC(C)(C)C)C(C)=O)c(C)nc21. The van der Waals surface area contributed by atoms with Gasteiger partial charge in [-0.15, -0.1) is 6.42 Å². The van der Waals surface area contributed by atoms with Crippen LogP contribution in [0.1, 0.15) is 56.3 Å². The molecule has 2 aromatic heterocycles. The Kier molecular flexibility index (Phi) is 6.32. The van der Waals surface area contributed by atoms with Crippen molar-refractivity contribution in [3.63, 3.8) is 0 Å². The van der Waals surface area contributed by atoms with E-state index in [1.54, 1.807) is 6.92 Å². The van der Waals surface area contributed by atoms with Gasteiger partial charge in [0.25, 0.3) is 0 Å². The van der Waals surface area contributed by atoms with E-state index in [2.05, 4.69) is 12.8 Å². The first kappa shape index (κ1) is 23.1. The number of terminal acetylenes is 1. The first-order chi connectivity index (χ1) is 14.5. The summed E-state index contributed by atoms with van der Waals surface area (Å²) in [4.78, 5) is 17.7. The van der Waals surface area contributed by atoms with Gasteiger partial charge in [0.15, 0.2) is 5.78 Å². The molecule has 3 aromatic rings. The fraction of sp³-hybridized carbons (Fsp3) is 0.385. The van der Waals surface area contributed by atoms with Gasteiger partial charge in [-0.25, -0.2) is 4.98 Å². The molecule has 1 aromatic carbocycles. The highest BCUT2D eigenvalue weighted by Crippen LogP contribution is 2.42. The molecule has 162 valence electrons. The van der Waals surface area contributed by atoms with Gasteiger partial charge in [-0.2, -0.15) is 0 Å². The number of hydrogen-bond donors (Lipinski definition) is 0. The van der Waals surface area contributed by atoms with Crippen molar-refractivity contribution >= 4 is 28.4 Å². The number of carbonyl (C=O) groups is 1.